The van der Waals surface area contributed by atoms with E-state index in [0.717, 1.165) is 24.3 Å². The molecule has 0 saturated heterocycles. The van der Waals surface area contributed by atoms with Crippen molar-refractivity contribution in [1.29, 1.82) is 0 Å². The van der Waals surface area contributed by atoms with Gasteiger partial charge in [-0.05, 0) is 55.9 Å². The van der Waals surface area contributed by atoms with Crippen molar-refractivity contribution in [3.63, 3.8) is 0 Å². The first kappa shape index (κ1) is 19.6. The molecule has 0 aliphatic carbocycles. The lowest BCUT2D eigenvalue weighted by Gasteiger charge is -2.12. The molecule has 3 heteroatoms. The van der Waals surface area contributed by atoms with E-state index in [2.05, 4.69) is 74.6 Å². The second-order valence-corrected chi connectivity index (χ2v) is 8.28. The Balaban J connectivity index is 1.69. The van der Waals surface area contributed by atoms with Gasteiger partial charge in [0.05, 0.1) is 5.25 Å². The highest BCUT2D eigenvalue weighted by Crippen LogP contribution is 2.23. The summed E-state index contributed by atoms with van der Waals surface area (Å²) < 4.78 is 0. The third-order valence-electron chi connectivity index (χ3n) is 4.29. The average molecular weight is 356 g/mol. The molecule has 2 nitrogen and oxygen atoms in total. The Morgan fingerprint density at radius 2 is 1.64 bits per heavy atom. The van der Waals surface area contributed by atoms with Crippen LogP contribution in [0.3, 0.4) is 0 Å². The molecule has 2 rings (SSSR count). The predicted molar refractivity (Wildman–Crippen MR) is 108 cm³/mol. The standard InChI is InChI=1S/C22H29NOS/c1-16(2)20-11-9-19(10-12-20)6-5-15-23-22(24)18(4)25-21-13-7-17(3)8-14-21/h7-14,16,18H,5-6,15H2,1-4H3,(H,23,24)/t18-/m1/s1. The smallest absolute Gasteiger partial charge is 0.233 e. The van der Waals surface area contributed by atoms with Crippen LogP contribution >= 0.6 is 11.8 Å². The Bertz CT molecular complexity index is 661. The fourth-order valence-electron chi connectivity index (χ4n) is 2.59. The largest absolute Gasteiger partial charge is 0.355 e. The number of amides is 1. The van der Waals surface area contributed by atoms with E-state index in [1.165, 1.54) is 16.7 Å². The van der Waals surface area contributed by atoms with Crippen LogP contribution in [0.15, 0.2) is 53.4 Å². The van der Waals surface area contributed by atoms with Crippen LogP contribution < -0.4 is 5.32 Å². The van der Waals surface area contributed by atoms with Gasteiger partial charge in [0, 0.05) is 11.4 Å². The van der Waals surface area contributed by atoms with Gasteiger partial charge in [-0.3, -0.25) is 4.79 Å². The molecule has 0 fully saturated rings. The van der Waals surface area contributed by atoms with Gasteiger partial charge in [-0.1, -0.05) is 55.8 Å². The van der Waals surface area contributed by atoms with E-state index in [4.69, 9.17) is 0 Å². The zero-order valence-electron chi connectivity index (χ0n) is 15.7. The molecule has 0 bridgehead atoms. The molecule has 2 aromatic rings. The van der Waals surface area contributed by atoms with Gasteiger partial charge in [0.15, 0.2) is 0 Å². The number of nitrogens with one attached hydrogen (secondary N) is 1. The molecule has 1 amide bonds. The van der Waals surface area contributed by atoms with Crippen molar-refractivity contribution in [2.24, 2.45) is 0 Å². The van der Waals surface area contributed by atoms with Gasteiger partial charge in [-0.25, -0.2) is 0 Å². The Morgan fingerprint density at radius 3 is 2.24 bits per heavy atom. The first-order chi connectivity index (χ1) is 12.0. The van der Waals surface area contributed by atoms with Gasteiger partial charge < -0.3 is 5.32 Å². The van der Waals surface area contributed by atoms with Crippen molar-refractivity contribution in [1.82, 2.24) is 5.32 Å². The third-order valence-corrected chi connectivity index (χ3v) is 5.40. The molecular formula is C22H29NOS. The fourth-order valence-corrected chi connectivity index (χ4v) is 3.48. The zero-order chi connectivity index (χ0) is 18.2. The minimum atomic E-state index is -0.0759. The second kappa shape index (κ2) is 9.67. The molecule has 0 aliphatic rings. The number of aryl methyl sites for hydroxylation is 2. The quantitative estimate of drug-likeness (QED) is 0.511. The molecule has 1 N–H and O–H groups in total. The van der Waals surface area contributed by atoms with E-state index in [1.54, 1.807) is 11.8 Å². The molecule has 25 heavy (non-hydrogen) atoms. The Kier molecular flexibility index (Phi) is 7.57. The van der Waals surface area contributed by atoms with Crippen molar-refractivity contribution >= 4 is 17.7 Å². The van der Waals surface area contributed by atoms with Crippen LogP contribution in [0, 0.1) is 6.92 Å². The molecule has 2 aromatic carbocycles. The SMILES string of the molecule is Cc1ccc(S[C@H](C)C(=O)NCCCc2ccc(C(C)C)cc2)cc1. The summed E-state index contributed by atoms with van der Waals surface area (Å²) in [7, 11) is 0. The van der Waals surface area contributed by atoms with E-state index in [-0.39, 0.29) is 11.2 Å². The van der Waals surface area contributed by atoms with E-state index in [9.17, 15) is 4.79 Å². The maximum atomic E-state index is 12.2. The zero-order valence-corrected chi connectivity index (χ0v) is 16.5. The molecule has 0 unspecified atom stereocenters. The molecule has 0 aliphatic heterocycles. The number of benzene rings is 2. The second-order valence-electron chi connectivity index (χ2n) is 6.86. The molecular weight excluding hydrogens is 326 g/mol. The normalized spacial score (nSPS) is 12.2. The molecule has 0 spiro atoms. The molecule has 134 valence electrons. The van der Waals surface area contributed by atoms with Gasteiger partial charge in [0.2, 0.25) is 5.91 Å². The van der Waals surface area contributed by atoms with Crippen molar-refractivity contribution < 1.29 is 4.79 Å². The van der Waals surface area contributed by atoms with Crippen LogP contribution in [0.4, 0.5) is 0 Å². The highest BCUT2D eigenvalue weighted by atomic mass is 32.2. The minimum absolute atomic E-state index is 0.0759. The summed E-state index contributed by atoms with van der Waals surface area (Å²) in [6, 6.07) is 17.1. The van der Waals surface area contributed by atoms with E-state index >= 15 is 0 Å². The topological polar surface area (TPSA) is 29.1 Å². The minimum Gasteiger partial charge on any atom is -0.355 e. The summed E-state index contributed by atoms with van der Waals surface area (Å²) in [6.45, 7) is 9.18. The van der Waals surface area contributed by atoms with E-state index in [0.29, 0.717) is 5.92 Å². The highest BCUT2D eigenvalue weighted by molar-refractivity contribution is 8.00. The molecule has 0 saturated carbocycles. The number of hydrogen-bond donors (Lipinski definition) is 1. The molecule has 0 aromatic heterocycles. The maximum Gasteiger partial charge on any atom is 0.233 e. The first-order valence-electron chi connectivity index (χ1n) is 9.05. The molecule has 1 atom stereocenters. The summed E-state index contributed by atoms with van der Waals surface area (Å²) in [5, 5.41) is 2.98. The van der Waals surface area contributed by atoms with Crippen LogP contribution in [0.5, 0.6) is 0 Å². The molecule has 0 radical (unpaired) electrons. The summed E-state index contributed by atoms with van der Waals surface area (Å²) in [4.78, 5) is 13.4. The number of carbonyl (C=O) groups is 1. The van der Waals surface area contributed by atoms with Gasteiger partial charge in [0.1, 0.15) is 0 Å². The van der Waals surface area contributed by atoms with E-state index in [1.807, 2.05) is 6.92 Å². The van der Waals surface area contributed by atoms with Crippen LogP contribution in [-0.2, 0) is 11.2 Å². The van der Waals surface area contributed by atoms with Gasteiger partial charge in [-0.2, -0.15) is 0 Å². The Hall–Kier alpha value is -1.74. The summed E-state index contributed by atoms with van der Waals surface area (Å²) in [5.74, 6) is 0.682. The van der Waals surface area contributed by atoms with Crippen LogP contribution in [0.1, 0.15) is 49.8 Å². The lowest BCUT2D eigenvalue weighted by molar-refractivity contribution is -0.120. The fraction of sp³-hybridized carbons (Fsp3) is 0.409. The van der Waals surface area contributed by atoms with Crippen molar-refractivity contribution in [3.8, 4) is 0 Å². The lowest BCUT2D eigenvalue weighted by Crippen LogP contribution is -2.31. The summed E-state index contributed by atoms with van der Waals surface area (Å²) >= 11 is 1.61. The van der Waals surface area contributed by atoms with Crippen molar-refractivity contribution in [2.75, 3.05) is 6.54 Å². The van der Waals surface area contributed by atoms with Crippen molar-refractivity contribution in [2.45, 2.75) is 56.6 Å². The average Bonchev–Trinajstić information content (AvgIpc) is 2.60. The summed E-state index contributed by atoms with van der Waals surface area (Å²) in [5.41, 5.74) is 3.95. The summed E-state index contributed by atoms with van der Waals surface area (Å²) in [6.07, 6.45) is 1.97. The lowest BCUT2D eigenvalue weighted by atomic mass is 10.0. The number of hydrogen-bond acceptors (Lipinski definition) is 2. The highest BCUT2D eigenvalue weighted by Gasteiger charge is 2.13. The van der Waals surface area contributed by atoms with Gasteiger partial charge >= 0.3 is 0 Å². The number of thioether (sulfide) groups is 1. The maximum absolute atomic E-state index is 12.2. The molecule has 0 heterocycles. The van der Waals surface area contributed by atoms with Crippen molar-refractivity contribution in [3.05, 3.63) is 65.2 Å². The first-order valence-corrected chi connectivity index (χ1v) is 9.93. The van der Waals surface area contributed by atoms with Gasteiger partial charge in [-0.15, -0.1) is 11.8 Å². The van der Waals surface area contributed by atoms with Crippen LogP contribution in [0.2, 0.25) is 0 Å². The monoisotopic (exact) mass is 355 g/mol. The van der Waals surface area contributed by atoms with Crippen LogP contribution in [0.25, 0.3) is 0 Å². The Labute approximate surface area is 156 Å². The number of rotatable bonds is 8. The van der Waals surface area contributed by atoms with Gasteiger partial charge in [0.25, 0.3) is 0 Å². The third kappa shape index (κ3) is 6.58. The van der Waals surface area contributed by atoms with E-state index < -0.39 is 0 Å². The van der Waals surface area contributed by atoms with Crippen LogP contribution in [-0.4, -0.2) is 17.7 Å². The number of carbonyl (C=O) groups excluding carboxylic acids is 1. The predicted octanol–water partition coefficient (Wildman–Crippen LogP) is 5.35. The Morgan fingerprint density at radius 1 is 1.00 bits per heavy atom.